The fraction of sp³-hybridized carbons (Fsp3) is 0.500. The summed E-state index contributed by atoms with van der Waals surface area (Å²) in [4.78, 5) is 28.8. The molecule has 0 spiro atoms. The molecule has 3 fully saturated rings. The van der Waals surface area contributed by atoms with Crippen LogP contribution in [0.3, 0.4) is 0 Å². The molecule has 2 saturated heterocycles. The number of benzene rings is 3. The predicted octanol–water partition coefficient (Wildman–Crippen LogP) is 7.86. The van der Waals surface area contributed by atoms with E-state index in [1.807, 2.05) is 45.0 Å². The molecule has 13 heteroatoms. The van der Waals surface area contributed by atoms with Crippen LogP contribution < -0.4 is 10.6 Å². The maximum absolute atomic E-state index is 14.3. The van der Waals surface area contributed by atoms with E-state index in [2.05, 4.69) is 22.5 Å². The normalized spacial score (nSPS) is 26.5. The number of aliphatic hydroxyl groups is 1. The number of nitrogens with zero attached hydrogens (tertiary/aromatic N) is 1. The monoisotopic (exact) mass is 743 g/mol. The molecule has 3 aromatic carbocycles. The second-order valence-corrected chi connectivity index (χ2v) is 15.5. The van der Waals surface area contributed by atoms with Gasteiger partial charge in [-0.3, -0.25) is 14.5 Å². The lowest BCUT2D eigenvalue weighted by Crippen LogP contribution is -2.61. The summed E-state index contributed by atoms with van der Waals surface area (Å²) >= 11 is 0. The molecule has 8 nitrogen and oxygen atoms in total. The van der Waals surface area contributed by atoms with Crippen molar-refractivity contribution >= 4 is 17.5 Å². The third-order valence-corrected chi connectivity index (χ3v) is 10.7. The molecule has 7 unspecified atom stereocenters. The van der Waals surface area contributed by atoms with Gasteiger partial charge in [0.2, 0.25) is 11.7 Å². The summed E-state index contributed by atoms with van der Waals surface area (Å²) in [6.07, 6.45) is 4.35. The molecule has 0 radical (unpaired) electrons. The lowest BCUT2D eigenvalue weighted by Gasteiger charge is -2.51. The van der Waals surface area contributed by atoms with Gasteiger partial charge in [-0.1, -0.05) is 56.2 Å². The molecule has 0 bridgehead atoms. The van der Waals surface area contributed by atoms with E-state index in [1.165, 1.54) is 18.6 Å². The minimum absolute atomic E-state index is 0.00237. The Morgan fingerprint density at radius 1 is 0.811 bits per heavy atom. The lowest BCUT2D eigenvalue weighted by atomic mass is 9.75. The van der Waals surface area contributed by atoms with Gasteiger partial charge in [-0.15, -0.1) is 0 Å². The Morgan fingerprint density at radius 3 is 2.04 bits per heavy atom. The van der Waals surface area contributed by atoms with Crippen molar-refractivity contribution in [2.45, 2.75) is 109 Å². The second kappa shape index (κ2) is 15.8. The number of likely N-dealkylation sites (tertiary alicyclic amines) is 1. The van der Waals surface area contributed by atoms with Crippen LogP contribution in [-0.2, 0) is 20.9 Å². The van der Waals surface area contributed by atoms with Gasteiger partial charge >= 0.3 is 0 Å². The Labute approximate surface area is 306 Å². The van der Waals surface area contributed by atoms with Crippen molar-refractivity contribution in [1.29, 1.82) is 0 Å². The Balaban J connectivity index is 1.28. The number of aliphatic hydroxyl groups excluding tert-OH is 1. The Morgan fingerprint density at radius 2 is 1.42 bits per heavy atom. The van der Waals surface area contributed by atoms with Gasteiger partial charge in [-0.25, -0.2) is 22.0 Å². The highest BCUT2D eigenvalue weighted by atomic mass is 19.2. The predicted molar refractivity (Wildman–Crippen MR) is 187 cm³/mol. The van der Waals surface area contributed by atoms with E-state index < -0.39 is 64.6 Å². The number of carbonyl (C=O) groups excluding carboxylic acids is 2. The van der Waals surface area contributed by atoms with Gasteiger partial charge in [0.1, 0.15) is 5.56 Å². The first-order valence-corrected chi connectivity index (χ1v) is 18.2. The van der Waals surface area contributed by atoms with Crippen LogP contribution in [0, 0.1) is 40.9 Å². The molecular weight excluding hydrogens is 697 g/mol. The van der Waals surface area contributed by atoms with Crippen molar-refractivity contribution in [3.8, 4) is 0 Å². The third kappa shape index (κ3) is 8.28. The van der Waals surface area contributed by atoms with Gasteiger partial charge in [0.15, 0.2) is 29.6 Å². The van der Waals surface area contributed by atoms with Crippen LogP contribution in [-0.4, -0.2) is 52.1 Å². The van der Waals surface area contributed by atoms with Gasteiger partial charge in [-0.2, -0.15) is 0 Å². The summed E-state index contributed by atoms with van der Waals surface area (Å²) in [5, 5.41) is 15.0. The number of amides is 2. The Kier molecular flexibility index (Phi) is 11.6. The van der Waals surface area contributed by atoms with E-state index in [-0.39, 0.29) is 36.2 Å². The average Bonchev–Trinajstić information content (AvgIpc) is 3.13. The minimum atomic E-state index is -2.36. The number of halogens is 5. The van der Waals surface area contributed by atoms with Gasteiger partial charge in [0.25, 0.3) is 5.91 Å². The first-order valence-electron chi connectivity index (χ1n) is 18.2. The molecule has 3 aliphatic rings. The SMILES string of the molecule is CC1C(CN2C(C(=O)NC(C)(C)C)CCC3CCCCC32)OC(c2ccc(NC(=O)c3c(F)c(F)c(F)c(F)c3F)cc2)OC1c1ccc(CO)cc1. The standard InChI is InChI=1S/C40H46F5N3O5/c1-21-29(19-48-27-8-6-5-7-23(27)15-18-28(48)37(50)47-40(2,3)4)52-39(53-36(21)24-11-9-22(20-49)10-12-24)25-13-16-26(17-14-25)46-38(51)30-31(41)33(43)35(45)34(44)32(30)42/h9-14,16-17,21,23,27-29,36,39,49H,5-8,15,18-20H2,1-4H3,(H,46,51)(H,47,50). The quantitative estimate of drug-likeness (QED) is 0.124. The molecular formula is C40H46F5N3O5. The summed E-state index contributed by atoms with van der Waals surface area (Å²) in [6.45, 7) is 8.33. The first-order chi connectivity index (χ1) is 25.2. The van der Waals surface area contributed by atoms with Gasteiger partial charge < -0.3 is 25.2 Å². The largest absolute Gasteiger partial charge is 0.392 e. The van der Waals surface area contributed by atoms with Crippen LogP contribution in [0.1, 0.15) is 106 Å². The molecule has 3 aromatic rings. The van der Waals surface area contributed by atoms with Crippen molar-refractivity contribution in [3.63, 3.8) is 0 Å². The molecule has 6 rings (SSSR count). The molecule has 2 aliphatic heterocycles. The number of fused-ring (bicyclic) bond motifs is 1. The average molecular weight is 744 g/mol. The second-order valence-electron chi connectivity index (χ2n) is 15.5. The van der Waals surface area contributed by atoms with Crippen molar-refractivity contribution in [3.05, 3.63) is 99.9 Å². The zero-order chi connectivity index (χ0) is 38.2. The lowest BCUT2D eigenvalue weighted by molar-refractivity contribution is -0.278. The van der Waals surface area contributed by atoms with E-state index in [9.17, 15) is 36.6 Å². The number of hydrogen-bond acceptors (Lipinski definition) is 6. The number of anilines is 1. The molecule has 0 aromatic heterocycles. The van der Waals surface area contributed by atoms with Crippen LogP contribution in [0.15, 0.2) is 48.5 Å². The van der Waals surface area contributed by atoms with Crippen molar-refractivity contribution in [2.24, 2.45) is 11.8 Å². The highest BCUT2D eigenvalue weighted by Gasteiger charge is 2.46. The number of nitrogens with one attached hydrogen (secondary N) is 2. The van der Waals surface area contributed by atoms with Crippen LogP contribution in [0.4, 0.5) is 27.6 Å². The molecule has 53 heavy (non-hydrogen) atoms. The smallest absolute Gasteiger partial charge is 0.261 e. The molecule has 2 heterocycles. The van der Waals surface area contributed by atoms with Gasteiger partial charge in [-0.05, 0) is 75.6 Å². The van der Waals surface area contributed by atoms with Crippen molar-refractivity contribution in [2.75, 3.05) is 11.9 Å². The fourth-order valence-corrected chi connectivity index (χ4v) is 7.98. The summed E-state index contributed by atoms with van der Waals surface area (Å²) in [5.74, 6) is -12.4. The fourth-order valence-electron chi connectivity index (χ4n) is 7.98. The van der Waals surface area contributed by atoms with E-state index in [0.717, 1.165) is 43.2 Å². The van der Waals surface area contributed by atoms with E-state index >= 15 is 0 Å². The maximum atomic E-state index is 14.3. The Bertz CT molecular complexity index is 1770. The van der Waals surface area contributed by atoms with Crippen molar-refractivity contribution < 1.29 is 46.1 Å². The number of carbonyl (C=O) groups is 2. The van der Waals surface area contributed by atoms with Crippen LogP contribution >= 0.6 is 0 Å². The zero-order valence-electron chi connectivity index (χ0n) is 30.2. The number of piperidine rings is 1. The summed E-state index contributed by atoms with van der Waals surface area (Å²) in [6, 6.07) is 13.4. The van der Waals surface area contributed by atoms with Gasteiger partial charge in [0, 0.05) is 35.3 Å². The van der Waals surface area contributed by atoms with Crippen LogP contribution in [0.5, 0.6) is 0 Å². The minimum Gasteiger partial charge on any atom is -0.392 e. The number of hydrogen-bond donors (Lipinski definition) is 3. The Hall–Kier alpha value is -3.91. The van der Waals surface area contributed by atoms with E-state index in [1.54, 1.807) is 12.1 Å². The maximum Gasteiger partial charge on any atom is 0.261 e. The zero-order valence-corrected chi connectivity index (χ0v) is 30.2. The number of rotatable bonds is 8. The van der Waals surface area contributed by atoms with Gasteiger partial charge in [0.05, 0.1) is 24.9 Å². The molecule has 1 saturated carbocycles. The molecule has 286 valence electrons. The third-order valence-electron chi connectivity index (χ3n) is 10.7. The van der Waals surface area contributed by atoms with Crippen LogP contribution in [0.2, 0.25) is 0 Å². The van der Waals surface area contributed by atoms with Crippen LogP contribution in [0.25, 0.3) is 0 Å². The molecule has 3 N–H and O–H groups in total. The summed E-state index contributed by atoms with van der Waals surface area (Å²) < 4.78 is 83.0. The first kappa shape index (κ1) is 38.8. The highest BCUT2D eigenvalue weighted by Crippen LogP contribution is 2.44. The number of ether oxygens (including phenoxy) is 2. The molecule has 2 amide bonds. The molecule has 7 atom stereocenters. The summed E-state index contributed by atoms with van der Waals surface area (Å²) in [7, 11) is 0. The highest BCUT2D eigenvalue weighted by molar-refractivity contribution is 6.04. The topological polar surface area (TPSA) is 100 Å². The summed E-state index contributed by atoms with van der Waals surface area (Å²) in [5.41, 5.74) is 0.201. The van der Waals surface area contributed by atoms with E-state index in [0.29, 0.717) is 18.0 Å². The van der Waals surface area contributed by atoms with E-state index in [4.69, 9.17) is 9.47 Å². The molecule has 1 aliphatic carbocycles. The van der Waals surface area contributed by atoms with Crippen molar-refractivity contribution in [1.82, 2.24) is 10.2 Å².